The molecule has 0 saturated carbocycles. The summed E-state index contributed by atoms with van der Waals surface area (Å²) in [5, 5.41) is 10.4. The zero-order valence-corrected chi connectivity index (χ0v) is 11.2. The van der Waals surface area contributed by atoms with Crippen LogP contribution in [0.3, 0.4) is 0 Å². The molecule has 0 aliphatic carbocycles. The van der Waals surface area contributed by atoms with Crippen LogP contribution in [0.2, 0.25) is 0 Å². The molecule has 7 heteroatoms. The highest BCUT2D eigenvalue weighted by Gasteiger charge is 2.36. The van der Waals surface area contributed by atoms with Crippen LogP contribution < -0.4 is 0 Å². The molecule has 1 unspecified atom stereocenters. The van der Waals surface area contributed by atoms with Crippen LogP contribution in [0.15, 0.2) is 34.1 Å². The van der Waals surface area contributed by atoms with Gasteiger partial charge in [-0.3, -0.25) is 5.10 Å². The van der Waals surface area contributed by atoms with E-state index in [2.05, 4.69) is 10.2 Å². The van der Waals surface area contributed by atoms with Crippen molar-refractivity contribution >= 4 is 21.4 Å². The molecule has 5 nitrogen and oxygen atoms in total. The number of nitrogens with zero attached hydrogens (tertiary/aromatic N) is 2. The minimum Gasteiger partial charge on any atom is -0.266 e. The Bertz CT molecular complexity index is 605. The molecule has 2 aromatic rings. The van der Waals surface area contributed by atoms with E-state index >= 15 is 0 Å². The lowest BCUT2D eigenvalue weighted by Gasteiger charge is -2.22. The predicted octanol–water partition coefficient (Wildman–Crippen LogP) is 2.00. The fourth-order valence-electron chi connectivity index (χ4n) is 2.34. The lowest BCUT2D eigenvalue weighted by molar-refractivity contribution is 0.395. The quantitative estimate of drug-likeness (QED) is 0.937. The molecule has 1 saturated heterocycles. The lowest BCUT2D eigenvalue weighted by atomic mass is 10.1. The number of nitrogens with one attached hydrogen (secondary N) is 1. The third-order valence-corrected chi connectivity index (χ3v) is 5.73. The predicted molar refractivity (Wildman–Crippen MR) is 68.8 cm³/mol. The van der Waals surface area contributed by atoms with E-state index in [1.54, 1.807) is 15.6 Å². The third kappa shape index (κ3) is 1.88. The summed E-state index contributed by atoms with van der Waals surface area (Å²) in [6.07, 6.45) is 3.24. The van der Waals surface area contributed by atoms with E-state index in [0.29, 0.717) is 6.54 Å². The van der Waals surface area contributed by atoms with E-state index in [1.807, 2.05) is 16.8 Å². The summed E-state index contributed by atoms with van der Waals surface area (Å²) >= 11 is 1.59. The second kappa shape index (κ2) is 4.49. The van der Waals surface area contributed by atoms with Crippen molar-refractivity contribution < 1.29 is 8.42 Å². The lowest BCUT2D eigenvalue weighted by Crippen LogP contribution is -2.30. The number of hydrogen-bond acceptors (Lipinski definition) is 4. The summed E-state index contributed by atoms with van der Waals surface area (Å²) in [5.74, 6) is 0. The second-order valence-electron chi connectivity index (χ2n) is 4.25. The highest BCUT2D eigenvalue weighted by Crippen LogP contribution is 2.36. The minimum atomic E-state index is -3.45. The van der Waals surface area contributed by atoms with Crippen molar-refractivity contribution in [1.82, 2.24) is 14.5 Å². The van der Waals surface area contributed by atoms with Gasteiger partial charge in [0.05, 0.1) is 12.2 Å². The summed E-state index contributed by atoms with van der Waals surface area (Å²) in [5.41, 5.74) is 1.08. The van der Waals surface area contributed by atoms with Crippen LogP contribution in [0.25, 0.3) is 0 Å². The molecule has 1 fully saturated rings. The number of thiophene rings is 1. The third-order valence-electron chi connectivity index (χ3n) is 3.19. The van der Waals surface area contributed by atoms with Gasteiger partial charge in [-0.25, -0.2) is 8.42 Å². The Balaban J connectivity index is 1.97. The van der Waals surface area contributed by atoms with Crippen molar-refractivity contribution in [1.29, 1.82) is 0 Å². The number of aromatic amines is 1. The standard InChI is InChI=1S/C11H13N3O2S2/c15-18(16,11-3-5-12-13-11)14-6-1-2-10(14)9-4-7-17-8-9/h3-5,7-8,10H,1-2,6H2,(H,12,13). The number of sulfonamides is 1. The molecule has 1 aliphatic rings. The zero-order chi connectivity index (χ0) is 12.6. The van der Waals surface area contributed by atoms with Crippen LogP contribution in [0.4, 0.5) is 0 Å². The SMILES string of the molecule is O=S(=O)(c1ccn[nH]1)N1CCCC1c1ccsc1. The fraction of sp³-hybridized carbons (Fsp3) is 0.364. The van der Waals surface area contributed by atoms with Crippen LogP contribution in [0, 0.1) is 0 Å². The van der Waals surface area contributed by atoms with E-state index in [1.165, 1.54) is 12.3 Å². The molecule has 0 radical (unpaired) electrons. The maximum atomic E-state index is 12.5. The fourth-order valence-corrected chi connectivity index (χ4v) is 4.63. The smallest absolute Gasteiger partial charge is 0.260 e. The maximum absolute atomic E-state index is 12.5. The molecule has 0 spiro atoms. The Hall–Kier alpha value is -1.18. The van der Waals surface area contributed by atoms with Gasteiger partial charge in [0.2, 0.25) is 0 Å². The first-order chi connectivity index (χ1) is 8.69. The molecular weight excluding hydrogens is 270 g/mol. The van der Waals surface area contributed by atoms with Gasteiger partial charge in [-0.2, -0.15) is 20.7 Å². The zero-order valence-electron chi connectivity index (χ0n) is 9.61. The highest BCUT2D eigenvalue weighted by molar-refractivity contribution is 7.89. The topological polar surface area (TPSA) is 66.1 Å². The Morgan fingerprint density at radius 1 is 1.44 bits per heavy atom. The van der Waals surface area contributed by atoms with Crippen molar-refractivity contribution in [2.24, 2.45) is 0 Å². The van der Waals surface area contributed by atoms with Gasteiger partial charge in [0.25, 0.3) is 10.0 Å². The van der Waals surface area contributed by atoms with E-state index < -0.39 is 10.0 Å². The second-order valence-corrected chi connectivity index (χ2v) is 6.89. The number of aromatic nitrogens is 2. The highest BCUT2D eigenvalue weighted by atomic mass is 32.2. The molecule has 3 rings (SSSR count). The van der Waals surface area contributed by atoms with Gasteiger partial charge in [0.15, 0.2) is 5.03 Å². The normalized spacial score (nSPS) is 21.4. The Morgan fingerprint density at radius 2 is 2.33 bits per heavy atom. The van der Waals surface area contributed by atoms with Crippen molar-refractivity contribution in [2.75, 3.05) is 6.54 Å². The Morgan fingerprint density at radius 3 is 3.00 bits per heavy atom. The summed E-state index contributed by atoms with van der Waals surface area (Å²) in [4.78, 5) is 0. The molecule has 0 aromatic carbocycles. The van der Waals surface area contributed by atoms with Crippen molar-refractivity contribution in [3.8, 4) is 0 Å². The van der Waals surface area contributed by atoms with Crippen LogP contribution in [0.1, 0.15) is 24.4 Å². The Kier molecular flexibility index (Phi) is 2.96. The maximum Gasteiger partial charge on any atom is 0.260 e. The first kappa shape index (κ1) is 11.9. The van der Waals surface area contributed by atoms with Crippen LogP contribution in [0.5, 0.6) is 0 Å². The van der Waals surface area contributed by atoms with Gasteiger partial charge >= 0.3 is 0 Å². The van der Waals surface area contributed by atoms with E-state index in [0.717, 1.165) is 18.4 Å². The molecule has 0 amide bonds. The first-order valence-corrected chi connectivity index (χ1v) is 8.11. The van der Waals surface area contributed by atoms with Gasteiger partial charge < -0.3 is 0 Å². The van der Waals surface area contributed by atoms with E-state index in [9.17, 15) is 8.42 Å². The molecule has 0 bridgehead atoms. The van der Waals surface area contributed by atoms with Crippen LogP contribution >= 0.6 is 11.3 Å². The summed E-state index contributed by atoms with van der Waals surface area (Å²) in [6, 6.07) is 3.46. The molecule has 96 valence electrons. The van der Waals surface area contributed by atoms with Gasteiger partial charge in [-0.15, -0.1) is 0 Å². The Labute approximate surface area is 110 Å². The number of rotatable bonds is 3. The van der Waals surface area contributed by atoms with E-state index in [4.69, 9.17) is 0 Å². The average Bonchev–Trinajstić information content (AvgIpc) is 3.11. The van der Waals surface area contributed by atoms with Crippen molar-refractivity contribution in [3.05, 3.63) is 34.7 Å². The van der Waals surface area contributed by atoms with E-state index in [-0.39, 0.29) is 11.1 Å². The summed E-state index contributed by atoms with van der Waals surface area (Å²) in [6.45, 7) is 0.571. The van der Waals surface area contributed by atoms with Crippen molar-refractivity contribution in [2.45, 2.75) is 23.9 Å². The molecule has 1 aliphatic heterocycles. The molecule has 2 aromatic heterocycles. The van der Waals surface area contributed by atoms with Crippen molar-refractivity contribution in [3.63, 3.8) is 0 Å². The van der Waals surface area contributed by atoms with Gasteiger partial charge in [0, 0.05) is 6.54 Å². The van der Waals surface area contributed by atoms with Gasteiger partial charge in [0.1, 0.15) is 0 Å². The average molecular weight is 283 g/mol. The summed E-state index contributed by atoms with van der Waals surface area (Å²) < 4.78 is 26.5. The molecule has 18 heavy (non-hydrogen) atoms. The van der Waals surface area contributed by atoms with Crippen LogP contribution in [-0.4, -0.2) is 29.5 Å². The largest absolute Gasteiger partial charge is 0.266 e. The van der Waals surface area contributed by atoms with Gasteiger partial charge in [-0.1, -0.05) is 0 Å². The minimum absolute atomic E-state index is 0.0375. The molecule has 1 N–H and O–H groups in total. The molecule has 1 atom stereocenters. The number of hydrogen-bond donors (Lipinski definition) is 1. The number of H-pyrrole nitrogens is 1. The van der Waals surface area contributed by atoms with Gasteiger partial charge in [-0.05, 0) is 41.3 Å². The molecular formula is C11H13N3O2S2. The molecule has 3 heterocycles. The monoisotopic (exact) mass is 283 g/mol. The first-order valence-electron chi connectivity index (χ1n) is 5.73. The summed E-state index contributed by atoms with van der Waals surface area (Å²) in [7, 11) is -3.45. The van der Waals surface area contributed by atoms with Crippen LogP contribution in [-0.2, 0) is 10.0 Å².